The van der Waals surface area contributed by atoms with Gasteiger partial charge in [-0.3, -0.25) is 4.90 Å². The molecule has 2 saturated carbocycles. The quantitative estimate of drug-likeness (QED) is 0.822. The molecule has 20 heavy (non-hydrogen) atoms. The lowest BCUT2D eigenvalue weighted by molar-refractivity contribution is 0.0387. The smallest absolute Gasteiger partial charge is 0.0278 e. The predicted octanol–water partition coefficient (Wildman–Crippen LogP) is 3.81. The van der Waals surface area contributed by atoms with Crippen molar-refractivity contribution in [1.29, 1.82) is 0 Å². The van der Waals surface area contributed by atoms with Gasteiger partial charge in [-0.25, -0.2) is 0 Å². The van der Waals surface area contributed by atoms with E-state index in [1.807, 2.05) is 0 Å². The molecule has 0 aromatic heterocycles. The van der Waals surface area contributed by atoms with E-state index < -0.39 is 0 Å². The zero-order chi connectivity index (χ0) is 14.0. The van der Waals surface area contributed by atoms with E-state index >= 15 is 0 Å². The normalized spacial score (nSPS) is 37.2. The second-order valence-corrected chi connectivity index (χ2v) is 7.96. The maximum atomic E-state index is 3.88. The Kier molecular flexibility index (Phi) is 4.72. The summed E-state index contributed by atoms with van der Waals surface area (Å²) in [4.78, 5) is 2.88. The lowest BCUT2D eigenvalue weighted by Crippen LogP contribution is -2.64. The summed E-state index contributed by atoms with van der Waals surface area (Å²) in [6, 6.07) is 0.827. The van der Waals surface area contributed by atoms with E-state index in [4.69, 9.17) is 0 Å². The molecule has 1 N–H and O–H groups in total. The molecule has 116 valence electrons. The second kappa shape index (κ2) is 6.36. The van der Waals surface area contributed by atoms with Crippen LogP contribution in [0.4, 0.5) is 0 Å². The Labute approximate surface area is 125 Å². The van der Waals surface area contributed by atoms with Gasteiger partial charge < -0.3 is 5.32 Å². The third kappa shape index (κ3) is 3.57. The molecule has 0 spiro atoms. The van der Waals surface area contributed by atoms with Gasteiger partial charge in [0.1, 0.15) is 0 Å². The first-order chi connectivity index (χ1) is 9.70. The Morgan fingerprint density at radius 2 is 1.85 bits per heavy atom. The summed E-state index contributed by atoms with van der Waals surface area (Å²) in [5, 5.41) is 3.88. The topological polar surface area (TPSA) is 15.3 Å². The van der Waals surface area contributed by atoms with Crippen molar-refractivity contribution in [2.24, 2.45) is 11.8 Å². The third-order valence-electron chi connectivity index (χ3n) is 6.25. The molecule has 0 radical (unpaired) electrons. The lowest BCUT2D eigenvalue weighted by Gasteiger charge is -2.49. The average molecular weight is 278 g/mol. The van der Waals surface area contributed by atoms with E-state index in [2.05, 4.69) is 24.1 Å². The Bertz CT molecular complexity index is 307. The van der Waals surface area contributed by atoms with Gasteiger partial charge in [-0.2, -0.15) is 0 Å². The molecule has 2 nitrogen and oxygen atoms in total. The first kappa shape index (κ1) is 14.8. The lowest BCUT2D eigenvalue weighted by atomic mass is 9.80. The van der Waals surface area contributed by atoms with Crippen LogP contribution in [0.5, 0.6) is 0 Å². The second-order valence-electron chi connectivity index (χ2n) is 7.96. The number of rotatable bonds is 5. The highest BCUT2D eigenvalue weighted by Crippen LogP contribution is 2.35. The molecular weight excluding hydrogens is 244 g/mol. The summed E-state index contributed by atoms with van der Waals surface area (Å²) in [6.07, 6.45) is 13.1. The molecule has 3 aliphatic rings. The van der Waals surface area contributed by atoms with Crippen LogP contribution in [0, 0.1) is 11.8 Å². The van der Waals surface area contributed by atoms with Crippen LogP contribution in [0.25, 0.3) is 0 Å². The van der Waals surface area contributed by atoms with Gasteiger partial charge in [0.05, 0.1) is 0 Å². The fraction of sp³-hybridized carbons (Fsp3) is 1.00. The number of hydrogen-bond acceptors (Lipinski definition) is 2. The third-order valence-corrected chi connectivity index (χ3v) is 6.25. The highest BCUT2D eigenvalue weighted by atomic mass is 15.3. The van der Waals surface area contributed by atoms with Crippen LogP contribution in [0.2, 0.25) is 0 Å². The van der Waals surface area contributed by atoms with Crippen molar-refractivity contribution < 1.29 is 0 Å². The van der Waals surface area contributed by atoms with Gasteiger partial charge in [-0.1, -0.05) is 39.0 Å². The van der Waals surface area contributed by atoms with Crippen molar-refractivity contribution in [2.75, 3.05) is 19.6 Å². The van der Waals surface area contributed by atoms with Gasteiger partial charge >= 0.3 is 0 Å². The van der Waals surface area contributed by atoms with Crippen molar-refractivity contribution in [3.8, 4) is 0 Å². The van der Waals surface area contributed by atoms with Crippen LogP contribution < -0.4 is 5.32 Å². The number of nitrogens with one attached hydrogen (secondary N) is 1. The summed E-state index contributed by atoms with van der Waals surface area (Å²) in [6.45, 7) is 8.64. The highest BCUT2D eigenvalue weighted by molar-refractivity contribution is 4.97. The van der Waals surface area contributed by atoms with E-state index in [9.17, 15) is 0 Å². The molecule has 0 aromatic rings. The fourth-order valence-electron chi connectivity index (χ4n) is 4.32. The van der Waals surface area contributed by atoms with Crippen molar-refractivity contribution in [3.63, 3.8) is 0 Å². The summed E-state index contributed by atoms with van der Waals surface area (Å²) in [7, 11) is 0. The molecule has 0 aromatic carbocycles. The van der Waals surface area contributed by atoms with Gasteiger partial charge in [-0.15, -0.1) is 0 Å². The molecule has 3 rings (SSSR count). The zero-order valence-corrected chi connectivity index (χ0v) is 13.7. The van der Waals surface area contributed by atoms with E-state index in [0.29, 0.717) is 5.54 Å². The van der Waals surface area contributed by atoms with Gasteiger partial charge in [0.25, 0.3) is 0 Å². The van der Waals surface area contributed by atoms with E-state index in [0.717, 1.165) is 17.9 Å². The van der Waals surface area contributed by atoms with Crippen molar-refractivity contribution in [3.05, 3.63) is 0 Å². The van der Waals surface area contributed by atoms with Gasteiger partial charge in [-0.05, 0) is 51.0 Å². The van der Waals surface area contributed by atoms with Crippen LogP contribution in [0.3, 0.4) is 0 Å². The molecule has 1 heterocycles. The molecule has 2 atom stereocenters. The molecule has 0 amide bonds. The molecule has 2 aliphatic carbocycles. The van der Waals surface area contributed by atoms with Crippen LogP contribution >= 0.6 is 0 Å². The van der Waals surface area contributed by atoms with Crippen LogP contribution in [0.15, 0.2) is 0 Å². The van der Waals surface area contributed by atoms with Crippen molar-refractivity contribution >= 4 is 0 Å². The van der Waals surface area contributed by atoms with Gasteiger partial charge in [0, 0.05) is 24.7 Å². The first-order valence-electron chi connectivity index (χ1n) is 9.19. The Balaban J connectivity index is 1.62. The fourth-order valence-corrected chi connectivity index (χ4v) is 4.32. The molecule has 2 unspecified atom stereocenters. The van der Waals surface area contributed by atoms with Crippen molar-refractivity contribution in [1.82, 2.24) is 10.2 Å². The summed E-state index contributed by atoms with van der Waals surface area (Å²) < 4.78 is 0. The van der Waals surface area contributed by atoms with E-state index in [-0.39, 0.29) is 0 Å². The van der Waals surface area contributed by atoms with Crippen LogP contribution in [-0.4, -0.2) is 36.1 Å². The van der Waals surface area contributed by atoms with Gasteiger partial charge in [0.15, 0.2) is 0 Å². The van der Waals surface area contributed by atoms with Gasteiger partial charge in [0.2, 0.25) is 0 Å². The monoisotopic (exact) mass is 278 g/mol. The SMILES string of the molecule is CCC1(C)CN(CCC2CC2)C(C2CCCCC2)CN1. The predicted molar refractivity (Wildman–Crippen MR) is 86.0 cm³/mol. The highest BCUT2D eigenvalue weighted by Gasteiger charge is 2.38. The molecule has 1 aliphatic heterocycles. The largest absolute Gasteiger partial charge is 0.309 e. The molecule has 1 saturated heterocycles. The Hall–Kier alpha value is -0.0800. The first-order valence-corrected chi connectivity index (χ1v) is 9.19. The maximum absolute atomic E-state index is 3.88. The minimum absolute atomic E-state index is 0.356. The summed E-state index contributed by atoms with van der Waals surface area (Å²) in [5.74, 6) is 2.04. The molecular formula is C18H34N2. The number of piperazine rings is 1. The van der Waals surface area contributed by atoms with Crippen LogP contribution in [-0.2, 0) is 0 Å². The Morgan fingerprint density at radius 3 is 2.50 bits per heavy atom. The number of hydrogen-bond donors (Lipinski definition) is 1. The Morgan fingerprint density at radius 1 is 1.10 bits per heavy atom. The van der Waals surface area contributed by atoms with E-state index in [1.54, 1.807) is 0 Å². The zero-order valence-electron chi connectivity index (χ0n) is 13.7. The number of nitrogens with zero attached hydrogens (tertiary/aromatic N) is 1. The average Bonchev–Trinajstić information content (AvgIpc) is 3.30. The minimum Gasteiger partial charge on any atom is -0.309 e. The maximum Gasteiger partial charge on any atom is 0.0278 e. The minimum atomic E-state index is 0.356. The molecule has 2 heteroatoms. The summed E-state index contributed by atoms with van der Waals surface area (Å²) >= 11 is 0. The van der Waals surface area contributed by atoms with E-state index in [1.165, 1.54) is 77.4 Å². The van der Waals surface area contributed by atoms with Crippen molar-refractivity contribution in [2.45, 2.75) is 83.2 Å². The molecule has 0 bridgehead atoms. The van der Waals surface area contributed by atoms with Crippen LogP contribution in [0.1, 0.15) is 71.6 Å². The molecule has 3 fully saturated rings. The summed E-state index contributed by atoms with van der Waals surface area (Å²) in [5.41, 5.74) is 0.356. The standard InChI is InChI=1S/C18H34N2/c1-3-18(2)14-20(12-11-15-9-10-15)17(13-19-18)16-7-5-4-6-8-16/h15-17,19H,3-14H2,1-2H3.